The van der Waals surface area contributed by atoms with Crippen molar-refractivity contribution in [2.75, 3.05) is 0 Å². The third-order valence-electron chi connectivity index (χ3n) is 8.77. The van der Waals surface area contributed by atoms with E-state index in [0.29, 0.717) is 0 Å². The Morgan fingerprint density at radius 2 is 1.38 bits per heavy atom. The summed E-state index contributed by atoms with van der Waals surface area (Å²) in [7, 11) is 0. The van der Waals surface area contributed by atoms with Gasteiger partial charge >= 0.3 is 0 Å². The van der Waals surface area contributed by atoms with Crippen LogP contribution in [-0.4, -0.2) is 8.97 Å². The van der Waals surface area contributed by atoms with Gasteiger partial charge in [0.05, 0.1) is 22.1 Å². The molecule has 0 aliphatic carbocycles. The Bertz CT molecular complexity index is 2590. The SMILES string of the molecule is C=Cc1c(/C=C\C)sc2c1ccc1c2c2c3c4ccccc4n(-c4ccccc4)c3ccc2n2cc3ccccc3c12. The molecule has 4 heterocycles. The molecular weight excluding hydrogens is 529 g/mol. The first-order chi connectivity index (χ1) is 20.8. The summed E-state index contributed by atoms with van der Waals surface area (Å²) in [6.45, 7) is 6.30. The van der Waals surface area contributed by atoms with Crippen LogP contribution >= 0.6 is 11.3 Å². The largest absolute Gasteiger partial charge is 0.315 e. The third kappa shape index (κ3) is 2.98. The maximum Gasteiger partial charge on any atom is 0.0614 e. The lowest BCUT2D eigenvalue weighted by atomic mass is 9.97. The highest BCUT2D eigenvalue weighted by Gasteiger charge is 2.22. The summed E-state index contributed by atoms with van der Waals surface area (Å²) in [5.41, 5.74) is 7.32. The van der Waals surface area contributed by atoms with Crippen LogP contribution in [0.1, 0.15) is 17.4 Å². The van der Waals surface area contributed by atoms with Crippen molar-refractivity contribution in [3.05, 3.63) is 132 Å². The van der Waals surface area contributed by atoms with E-state index in [9.17, 15) is 0 Å². The first-order valence-electron chi connectivity index (χ1n) is 14.4. The second kappa shape index (κ2) is 8.69. The first kappa shape index (κ1) is 23.6. The Balaban J connectivity index is 1.63. The van der Waals surface area contributed by atoms with E-state index >= 15 is 0 Å². The van der Waals surface area contributed by atoms with Gasteiger partial charge in [-0.05, 0) is 48.9 Å². The van der Waals surface area contributed by atoms with E-state index in [0.717, 1.165) is 0 Å². The maximum absolute atomic E-state index is 4.21. The van der Waals surface area contributed by atoms with E-state index in [1.165, 1.54) is 86.0 Å². The van der Waals surface area contributed by atoms with Gasteiger partial charge in [-0.25, -0.2) is 0 Å². The minimum Gasteiger partial charge on any atom is -0.315 e. The summed E-state index contributed by atoms with van der Waals surface area (Å²) < 4.78 is 6.16. The smallest absolute Gasteiger partial charge is 0.0614 e. The van der Waals surface area contributed by atoms with Gasteiger partial charge in [0.2, 0.25) is 0 Å². The number of benzene rings is 5. The minimum atomic E-state index is 1.17. The normalized spacial score (nSPS) is 12.4. The van der Waals surface area contributed by atoms with Crippen LogP contribution in [0.25, 0.3) is 87.7 Å². The number of nitrogens with zero attached hydrogens (tertiary/aromatic N) is 2. The zero-order valence-corrected chi connectivity index (χ0v) is 24.0. The standard InChI is InChI=1S/C39H26N2S/c1-3-12-34-26(4-2)28-19-20-30-36(39(28)42-34)37-32(40-23-24-13-8-9-16-27(24)38(30)40)21-22-33-35(37)29-17-10-11-18-31(29)41(33)25-14-6-5-7-15-25/h3-23H,2H2,1H3/b12-3-. The number of aromatic nitrogens is 2. The molecule has 0 spiro atoms. The summed E-state index contributed by atoms with van der Waals surface area (Å²) in [4.78, 5) is 1.25. The van der Waals surface area contributed by atoms with Gasteiger partial charge in [0.1, 0.15) is 0 Å². The Hall–Kier alpha value is -5.12. The summed E-state index contributed by atoms with van der Waals surface area (Å²) in [5.74, 6) is 0. The molecular formula is C39H26N2S. The number of fused-ring (bicyclic) bond motifs is 14. The van der Waals surface area contributed by atoms with Gasteiger partial charge in [-0.1, -0.05) is 91.5 Å². The molecule has 0 unspecified atom stereocenters. The minimum absolute atomic E-state index is 1.17. The van der Waals surface area contributed by atoms with Gasteiger partial charge < -0.3 is 8.97 Å². The third-order valence-corrected chi connectivity index (χ3v) is 9.97. The number of pyridine rings is 1. The molecule has 0 bridgehead atoms. The van der Waals surface area contributed by atoms with Gasteiger partial charge in [0, 0.05) is 64.6 Å². The van der Waals surface area contributed by atoms with E-state index in [-0.39, 0.29) is 0 Å². The molecule has 0 saturated carbocycles. The Morgan fingerprint density at radius 3 is 2.21 bits per heavy atom. The second-order valence-corrected chi connectivity index (χ2v) is 12.0. The molecule has 0 radical (unpaired) electrons. The van der Waals surface area contributed by atoms with Gasteiger partial charge in [-0.15, -0.1) is 11.3 Å². The van der Waals surface area contributed by atoms with Crippen LogP contribution in [0.3, 0.4) is 0 Å². The lowest BCUT2D eigenvalue weighted by Crippen LogP contribution is -1.94. The summed E-state index contributed by atoms with van der Waals surface area (Å²) in [6, 6.07) is 37.6. The van der Waals surface area contributed by atoms with Crippen molar-refractivity contribution in [2.24, 2.45) is 0 Å². The predicted molar refractivity (Wildman–Crippen MR) is 184 cm³/mol. The van der Waals surface area contributed by atoms with Crippen LogP contribution in [0.15, 0.2) is 122 Å². The van der Waals surface area contributed by atoms with E-state index < -0.39 is 0 Å². The molecule has 0 atom stereocenters. The zero-order chi connectivity index (χ0) is 27.9. The van der Waals surface area contributed by atoms with E-state index in [4.69, 9.17) is 0 Å². The number of hydrogen-bond donors (Lipinski definition) is 0. The van der Waals surface area contributed by atoms with Crippen LogP contribution in [0.2, 0.25) is 0 Å². The summed E-state index contributed by atoms with van der Waals surface area (Å²) in [6.07, 6.45) is 8.68. The molecule has 4 aromatic heterocycles. The van der Waals surface area contributed by atoms with E-state index in [1.54, 1.807) is 0 Å². The van der Waals surface area contributed by atoms with Gasteiger partial charge in [-0.2, -0.15) is 0 Å². The zero-order valence-electron chi connectivity index (χ0n) is 23.1. The molecule has 42 heavy (non-hydrogen) atoms. The molecule has 5 aromatic carbocycles. The van der Waals surface area contributed by atoms with Crippen molar-refractivity contribution in [3.8, 4) is 5.69 Å². The molecule has 3 heteroatoms. The van der Waals surface area contributed by atoms with Crippen molar-refractivity contribution in [1.29, 1.82) is 0 Å². The molecule has 2 nitrogen and oxygen atoms in total. The van der Waals surface area contributed by atoms with Crippen LogP contribution in [0, 0.1) is 0 Å². The monoisotopic (exact) mass is 554 g/mol. The van der Waals surface area contributed by atoms with E-state index in [2.05, 4.69) is 144 Å². The Morgan fingerprint density at radius 1 is 0.643 bits per heavy atom. The highest BCUT2D eigenvalue weighted by Crippen LogP contribution is 2.47. The fraction of sp³-hybridized carbons (Fsp3) is 0.0256. The number of allylic oxidation sites excluding steroid dienone is 1. The average molecular weight is 555 g/mol. The van der Waals surface area contributed by atoms with Crippen molar-refractivity contribution in [3.63, 3.8) is 0 Å². The average Bonchev–Trinajstić information content (AvgIpc) is 3.70. The number of rotatable bonds is 3. The van der Waals surface area contributed by atoms with Crippen molar-refractivity contribution in [2.45, 2.75) is 6.92 Å². The van der Waals surface area contributed by atoms with Crippen LogP contribution in [-0.2, 0) is 0 Å². The molecule has 0 saturated heterocycles. The number of para-hydroxylation sites is 2. The first-order valence-corrected chi connectivity index (χ1v) is 15.2. The highest BCUT2D eigenvalue weighted by atomic mass is 32.1. The van der Waals surface area contributed by atoms with Crippen molar-refractivity contribution >= 4 is 93.3 Å². The molecule has 0 aliphatic heterocycles. The van der Waals surface area contributed by atoms with Gasteiger partial charge in [-0.3, -0.25) is 0 Å². The molecule has 9 aromatic rings. The lowest BCUT2D eigenvalue weighted by molar-refractivity contribution is 1.18. The fourth-order valence-corrected chi connectivity index (χ4v) is 8.44. The molecule has 9 rings (SSSR count). The van der Waals surface area contributed by atoms with Crippen LogP contribution in [0.5, 0.6) is 0 Å². The number of hydrogen-bond acceptors (Lipinski definition) is 1. The van der Waals surface area contributed by atoms with Crippen molar-refractivity contribution < 1.29 is 0 Å². The van der Waals surface area contributed by atoms with Gasteiger partial charge in [0.25, 0.3) is 0 Å². The van der Waals surface area contributed by atoms with Crippen molar-refractivity contribution in [1.82, 2.24) is 8.97 Å². The molecule has 0 amide bonds. The summed E-state index contributed by atoms with van der Waals surface area (Å²) >= 11 is 1.88. The summed E-state index contributed by atoms with van der Waals surface area (Å²) in [5, 5.41) is 10.3. The van der Waals surface area contributed by atoms with Crippen LogP contribution in [0.4, 0.5) is 0 Å². The van der Waals surface area contributed by atoms with Crippen LogP contribution < -0.4 is 0 Å². The quantitative estimate of drug-likeness (QED) is 0.192. The topological polar surface area (TPSA) is 9.34 Å². The Kier molecular flexibility index (Phi) is 4.88. The molecule has 0 N–H and O–H groups in total. The fourth-order valence-electron chi connectivity index (χ4n) is 7.11. The molecule has 0 aliphatic rings. The second-order valence-electron chi connectivity index (χ2n) is 10.9. The molecule has 0 fully saturated rings. The highest BCUT2D eigenvalue weighted by molar-refractivity contribution is 7.21. The Labute approximate surface area is 246 Å². The maximum atomic E-state index is 4.21. The predicted octanol–water partition coefficient (Wildman–Crippen LogP) is 11.4. The molecule has 198 valence electrons. The van der Waals surface area contributed by atoms with E-state index in [1.807, 2.05) is 17.4 Å². The lowest BCUT2D eigenvalue weighted by Gasteiger charge is -2.13. The van der Waals surface area contributed by atoms with Gasteiger partial charge in [0.15, 0.2) is 0 Å². The number of thiophene rings is 1.